The number of nitrogens with zero attached hydrogens (tertiary/aromatic N) is 1. The van der Waals surface area contributed by atoms with E-state index in [2.05, 4.69) is 10.2 Å². The van der Waals surface area contributed by atoms with Crippen LogP contribution in [-0.2, 0) is 22.7 Å². The summed E-state index contributed by atoms with van der Waals surface area (Å²) >= 11 is 0. The van der Waals surface area contributed by atoms with Crippen LogP contribution in [0, 0.1) is 0 Å². The smallest absolute Gasteiger partial charge is 0.303 e. The molecule has 0 unspecified atom stereocenters. The van der Waals surface area contributed by atoms with Crippen molar-refractivity contribution in [3.63, 3.8) is 0 Å². The zero-order chi connectivity index (χ0) is 14.3. The lowest BCUT2D eigenvalue weighted by Crippen LogP contribution is -2.24. The van der Waals surface area contributed by atoms with Gasteiger partial charge in [0, 0.05) is 19.5 Å². The van der Waals surface area contributed by atoms with Gasteiger partial charge in [0.1, 0.15) is 0 Å². The van der Waals surface area contributed by atoms with Gasteiger partial charge in [0.2, 0.25) is 5.91 Å². The highest BCUT2D eigenvalue weighted by Gasteiger charge is 2.07. The fourth-order valence-corrected chi connectivity index (χ4v) is 1.73. The maximum atomic E-state index is 11.5. The van der Waals surface area contributed by atoms with Crippen LogP contribution < -0.4 is 5.32 Å². The van der Waals surface area contributed by atoms with Gasteiger partial charge in [0.15, 0.2) is 0 Å². The van der Waals surface area contributed by atoms with Crippen LogP contribution in [0.25, 0.3) is 0 Å². The first kappa shape index (κ1) is 15.2. The van der Waals surface area contributed by atoms with Crippen molar-refractivity contribution in [1.82, 2.24) is 10.2 Å². The molecule has 0 radical (unpaired) electrons. The van der Waals surface area contributed by atoms with Gasteiger partial charge < -0.3 is 15.3 Å². The van der Waals surface area contributed by atoms with Gasteiger partial charge in [-0.3, -0.25) is 9.59 Å². The van der Waals surface area contributed by atoms with Crippen LogP contribution in [0.3, 0.4) is 0 Å². The Labute approximate surface area is 113 Å². The van der Waals surface area contributed by atoms with Gasteiger partial charge in [0.05, 0.1) is 6.42 Å². The fraction of sp³-hybridized carbons (Fsp3) is 0.429. The molecule has 0 saturated heterocycles. The normalized spacial score (nSPS) is 10.5. The average Bonchev–Trinajstić information content (AvgIpc) is 2.34. The van der Waals surface area contributed by atoms with Crippen LogP contribution in [0.1, 0.15) is 24.0 Å². The van der Waals surface area contributed by atoms with Crippen LogP contribution in [0.4, 0.5) is 0 Å². The maximum Gasteiger partial charge on any atom is 0.303 e. The van der Waals surface area contributed by atoms with Crippen molar-refractivity contribution in [3.05, 3.63) is 35.4 Å². The molecule has 1 aromatic rings. The molecule has 0 bridgehead atoms. The minimum Gasteiger partial charge on any atom is -0.481 e. The molecule has 104 valence electrons. The number of rotatable bonds is 7. The third kappa shape index (κ3) is 6.01. The van der Waals surface area contributed by atoms with Crippen molar-refractivity contribution in [2.24, 2.45) is 0 Å². The van der Waals surface area contributed by atoms with Gasteiger partial charge in [-0.25, -0.2) is 0 Å². The molecule has 1 amide bonds. The van der Waals surface area contributed by atoms with Crippen molar-refractivity contribution in [1.29, 1.82) is 0 Å². The molecule has 0 aliphatic heterocycles. The second kappa shape index (κ2) is 7.53. The monoisotopic (exact) mass is 264 g/mol. The summed E-state index contributed by atoms with van der Waals surface area (Å²) in [5, 5.41) is 11.3. The fourth-order valence-electron chi connectivity index (χ4n) is 1.73. The molecule has 5 nitrogen and oxygen atoms in total. The van der Waals surface area contributed by atoms with E-state index in [-0.39, 0.29) is 18.7 Å². The Bertz CT molecular complexity index is 444. The Balaban J connectivity index is 2.52. The number of benzene rings is 1. The molecule has 5 heteroatoms. The second-order valence-corrected chi connectivity index (χ2v) is 4.68. The number of hydrogen-bond acceptors (Lipinski definition) is 3. The third-order valence-electron chi connectivity index (χ3n) is 2.65. The lowest BCUT2D eigenvalue weighted by Gasteiger charge is -2.14. The van der Waals surface area contributed by atoms with Crippen LogP contribution in [0.5, 0.6) is 0 Å². The molecule has 0 atom stereocenters. The Morgan fingerprint density at radius 1 is 1.16 bits per heavy atom. The minimum absolute atomic E-state index is 0.0190. The third-order valence-corrected chi connectivity index (χ3v) is 2.65. The van der Waals surface area contributed by atoms with E-state index in [9.17, 15) is 9.59 Å². The van der Waals surface area contributed by atoms with E-state index < -0.39 is 5.97 Å². The molecule has 0 spiro atoms. The van der Waals surface area contributed by atoms with Crippen LogP contribution in [-0.4, -0.2) is 36.0 Å². The Morgan fingerprint density at radius 3 is 2.37 bits per heavy atom. The van der Waals surface area contributed by atoms with Crippen molar-refractivity contribution in [2.75, 3.05) is 14.1 Å². The lowest BCUT2D eigenvalue weighted by molar-refractivity contribution is -0.138. The number of aliphatic carboxylic acids is 1. The summed E-state index contributed by atoms with van der Waals surface area (Å²) in [6.45, 7) is 1.24. The van der Waals surface area contributed by atoms with E-state index in [0.717, 1.165) is 17.7 Å². The molecule has 0 fully saturated rings. The van der Waals surface area contributed by atoms with E-state index in [1.54, 1.807) is 0 Å². The number of nitrogens with one attached hydrogen (secondary N) is 1. The van der Waals surface area contributed by atoms with Crippen LogP contribution >= 0.6 is 0 Å². The van der Waals surface area contributed by atoms with E-state index in [0.29, 0.717) is 6.54 Å². The Kier molecular flexibility index (Phi) is 6.02. The Hall–Kier alpha value is -1.88. The number of carboxylic acids is 1. The standard InChI is InChI=1S/C14H20N2O3/c1-16(2)10-12-6-4-3-5-11(12)9-15-13(17)7-8-14(18)19/h3-6H,7-10H2,1-2H3,(H,15,17)(H,18,19). The van der Waals surface area contributed by atoms with Crippen molar-refractivity contribution in [3.8, 4) is 0 Å². The molecular formula is C14H20N2O3. The van der Waals surface area contributed by atoms with Gasteiger partial charge in [-0.15, -0.1) is 0 Å². The summed E-state index contributed by atoms with van der Waals surface area (Å²) in [6, 6.07) is 7.89. The Morgan fingerprint density at radius 2 is 1.79 bits per heavy atom. The first-order chi connectivity index (χ1) is 8.99. The summed E-state index contributed by atoms with van der Waals surface area (Å²) in [5.74, 6) is -1.19. The predicted molar refractivity (Wildman–Crippen MR) is 72.5 cm³/mol. The van der Waals surface area contributed by atoms with E-state index in [4.69, 9.17) is 5.11 Å². The van der Waals surface area contributed by atoms with Crippen molar-refractivity contribution < 1.29 is 14.7 Å². The summed E-state index contributed by atoms with van der Waals surface area (Å²) in [4.78, 5) is 23.9. The highest BCUT2D eigenvalue weighted by molar-refractivity contribution is 5.80. The van der Waals surface area contributed by atoms with E-state index in [1.807, 2.05) is 38.4 Å². The summed E-state index contributed by atoms with van der Waals surface area (Å²) in [7, 11) is 3.98. The molecule has 0 saturated carbocycles. The minimum atomic E-state index is -0.955. The van der Waals surface area contributed by atoms with E-state index in [1.165, 1.54) is 0 Å². The predicted octanol–water partition coefficient (Wildman–Crippen LogP) is 1.23. The average molecular weight is 264 g/mol. The number of amides is 1. The summed E-state index contributed by atoms with van der Waals surface area (Å²) in [6.07, 6.45) is -0.115. The molecule has 0 aliphatic rings. The molecular weight excluding hydrogens is 244 g/mol. The summed E-state index contributed by atoms with van der Waals surface area (Å²) < 4.78 is 0. The molecule has 0 heterocycles. The zero-order valence-electron chi connectivity index (χ0n) is 11.3. The van der Waals surface area contributed by atoms with Crippen LogP contribution in [0.2, 0.25) is 0 Å². The van der Waals surface area contributed by atoms with E-state index >= 15 is 0 Å². The van der Waals surface area contributed by atoms with Gasteiger partial charge in [0.25, 0.3) is 0 Å². The van der Waals surface area contributed by atoms with Crippen LogP contribution in [0.15, 0.2) is 24.3 Å². The quantitative estimate of drug-likeness (QED) is 0.777. The van der Waals surface area contributed by atoms with Crippen molar-refractivity contribution in [2.45, 2.75) is 25.9 Å². The first-order valence-corrected chi connectivity index (χ1v) is 6.19. The van der Waals surface area contributed by atoms with Crippen molar-refractivity contribution >= 4 is 11.9 Å². The van der Waals surface area contributed by atoms with Gasteiger partial charge in [-0.2, -0.15) is 0 Å². The topological polar surface area (TPSA) is 69.6 Å². The number of carbonyl (C=O) groups is 2. The molecule has 0 aromatic heterocycles. The highest BCUT2D eigenvalue weighted by atomic mass is 16.4. The second-order valence-electron chi connectivity index (χ2n) is 4.68. The number of carboxylic acid groups (broad SMARTS) is 1. The number of carbonyl (C=O) groups excluding carboxylic acids is 1. The molecule has 1 aromatic carbocycles. The molecule has 0 aliphatic carbocycles. The molecule has 2 N–H and O–H groups in total. The molecule has 19 heavy (non-hydrogen) atoms. The largest absolute Gasteiger partial charge is 0.481 e. The zero-order valence-corrected chi connectivity index (χ0v) is 11.3. The van der Waals surface area contributed by atoms with Gasteiger partial charge >= 0.3 is 5.97 Å². The SMILES string of the molecule is CN(C)Cc1ccccc1CNC(=O)CCC(=O)O. The highest BCUT2D eigenvalue weighted by Crippen LogP contribution is 2.10. The number of hydrogen-bond donors (Lipinski definition) is 2. The summed E-state index contributed by atoms with van der Waals surface area (Å²) in [5.41, 5.74) is 2.21. The van der Waals surface area contributed by atoms with Gasteiger partial charge in [-0.05, 0) is 25.2 Å². The first-order valence-electron chi connectivity index (χ1n) is 6.19. The molecule has 1 rings (SSSR count). The maximum absolute atomic E-state index is 11.5. The lowest BCUT2D eigenvalue weighted by atomic mass is 10.1. The van der Waals surface area contributed by atoms with Gasteiger partial charge in [-0.1, -0.05) is 24.3 Å².